The molecule has 1 fully saturated rings. The van der Waals surface area contributed by atoms with Crippen LogP contribution in [0, 0.1) is 0 Å². The number of carbonyl (C=O) groups excluding carboxylic acids is 1. The van der Waals surface area contributed by atoms with Crippen molar-refractivity contribution in [1.82, 2.24) is 19.6 Å². The Bertz CT molecular complexity index is 890. The summed E-state index contributed by atoms with van der Waals surface area (Å²) in [7, 11) is 2.15. The fraction of sp³-hybridized carbons (Fsp3) is 0.450. The number of likely N-dealkylation sites (N-methyl/N-ethyl adjacent to an activating group) is 1. The van der Waals surface area contributed by atoms with Crippen LogP contribution < -0.4 is 10.9 Å². The van der Waals surface area contributed by atoms with Gasteiger partial charge in [0, 0.05) is 55.5 Å². The van der Waals surface area contributed by atoms with Gasteiger partial charge in [0.15, 0.2) is 0 Å². The molecular weight excluding hydrogens is 422 g/mol. The number of hydrogen-bond donors (Lipinski definition) is 1. The molecule has 1 N–H and O–H groups in total. The summed E-state index contributed by atoms with van der Waals surface area (Å²) in [6, 6.07) is 8.68. The molecule has 1 aliphatic rings. The number of anilines is 1. The Kier molecular flexibility index (Phi) is 6.98. The van der Waals surface area contributed by atoms with Crippen molar-refractivity contribution in [3.63, 3.8) is 0 Å². The number of halogens is 1. The molecule has 28 heavy (non-hydrogen) atoms. The van der Waals surface area contributed by atoms with Crippen molar-refractivity contribution < 1.29 is 4.79 Å². The molecule has 1 amide bonds. The molecule has 1 saturated heterocycles. The topological polar surface area (TPSA) is 70.5 Å². The Morgan fingerprint density at radius 2 is 1.93 bits per heavy atom. The van der Waals surface area contributed by atoms with Crippen LogP contribution in [0.3, 0.4) is 0 Å². The quantitative estimate of drug-likeness (QED) is 0.735. The molecule has 0 bridgehead atoms. The maximum absolute atomic E-state index is 12.5. The van der Waals surface area contributed by atoms with Gasteiger partial charge >= 0.3 is 0 Å². The van der Waals surface area contributed by atoms with Crippen molar-refractivity contribution in [2.24, 2.45) is 0 Å². The van der Waals surface area contributed by atoms with Gasteiger partial charge in [0.25, 0.3) is 11.5 Å². The van der Waals surface area contributed by atoms with Gasteiger partial charge in [0.05, 0.1) is 0 Å². The summed E-state index contributed by atoms with van der Waals surface area (Å²) < 4.78 is 2.29. The first-order valence-corrected chi connectivity index (χ1v) is 10.3. The molecule has 1 aliphatic heterocycles. The fourth-order valence-corrected chi connectivity index (χ4v) is 3.64. The zero-order valence-corrected chi connectivity index (χ0v) is 17.9. The second-order valence-electron chi connectivity index (χ2n) is 7.12. The molecule has 2 heterocycles. The summed E-state index contributed by atoms with van der Waals surface area (Å²) in [5.41, 5.74) is 1.91. The third kappa shape index (κ3) is 5.27. The molecule has 150 valence electrons. The summed E-state index contributed by atoms with van der Waals surface area (Å²) in [6.45, 7) is 7.61. The van der Waals surface area contributed by atoms with Crippen molar-refractivity contribution in [1.29, 1.82) is 0 Å². The molecule has 7 nitrogen and oxygen atoms in total. The number of benzene rings is 1. The van der Waals surface area contributed by atoms with Crippen molar-refractivity contribution >= 4 is 27.5 Å². The third-order valence-electron chi connectivity index (χ3n) is 4.84. The van der Waals surface area contributed by atoms with E-state index in [0.717, 1.165) is 43.6 Å². The minimum absolute atomic E-state index is 0.200. The molecule has 1 aromatic carbocycles. The first kappa shape index (κ1) is 20.7. The van der Waals surface area contributed by atoms with Crippen molar-refractivity contribution in [2.45, 2.75) is 26.4 Å². The number of aromatic nitrogens is 2. The summed E-state index contributed by atoms with van der Waals surface area (Å²) in [5.74, 6) is -0.330. The van der Waals surface area contributed by atoms with Gasteiger partial charge in [-0.1, -0.05) is 28.9 Å². The molecule has 0 radical (unpaired) electrons. The second-order valence-corrected chi connectivity index (χ2v) is 7.97. The normalized spacial score (nSPS) is 15.5. The molecule has 8 heteroatoms. The lowest BCUT2D eigenvalue weighted by Crippen LogP contribution is -2.43. The van der Waals surface area contributed by atoms with Gasteiger partial charge in [0.2, 0.25) is 0 Å². The Labute approximate surface area is 173 Å². The summed E-state index contributed by atoms with van der Waals surface area (Å²) >= 11 is 3.62. The summed E-state index contributed by atoms with van der Waals surface area (Å²) in [6.07, 6.45) is 0.777. The average Bonchev–Trinajstić information content (AvgIpc) is 2.67. The SMILES string of the molecule is CCCn1nc(C(=O)Nc2ccc(CN3CCN(C)CC3)c(Br)c2)ccc1=O. The van der Waals surface area contributed by atoms with Crippen LogP contribution in [0.5, 0.6) is 0 Å². The second kappa shape index (κ2) is 9.45. The van der Waals surface area contributed by atoms with Gasteiger partial charge in [0.1, 0.15) is 5.69 Å². The first-order valence-electron chi connectivity index (χ1n) is 9.55. The highest BCUT2D eigenvalue weighted by Crippen LogP contribution is 2.23. The minimum atomic E-state index is -0.330. The Morgan fingerprint density at radius 3 is 2.61 bits per heavy atom. The van der Waals surface area contributed by atoms with E-state index in [-0.39, 0.29) is 17.2 Å². The number of nitrogens with one attached hydrogen (secondary N) is 1. The first-order chi connectivity index (χ1) is 13.5. The van der Waals surface area contributed by atoms with Gasteiger partial charge in [-0.15, -0.1) is 0 Å². The molecular formula is C20H26BrN5O2. The van der Waals surface area contributed by atoms with Gasteiger partial charge in [-0.3, -0.25) is 14.5 Å². The number of hydrogen-bond acceptors (Lipinski definition) is 5. The predicted octanol–water partition coefficient (Wildman–Crippen LogP) is 2.42. The fourth-order valence-electron chi connectivity index (χ4n) is 3.14. The number of amides is 1. The lowest BCUT2D eigenvalue weighted by Gasteiger charge is -2.32. The van der Waals surface area contributed by atoms with Gasteiger partial charge < -0.3 is 10.2 Å². The Morgan fingerprint density at radius 1 is 1.18 bits per heavy atom. The standard InChI is InChI=1S/C20H26BrN5O2/c1-3-8-26-19(27)7-6-18(23-26)20(28)22-16-5-4-15(17(21)13-16)14-25-11-9-24(2)10-12-25/h4-7,13H,3,8-12,14H2,1-2H3,(H,22,28). The Balaban J connectivity index is 1.66. The zero-order valence-electron chi connectivity index (χ0n) is 16.3. The van der Waals surface area contributed by atoms with E-state index in [1.165, 1.54) is 22.4 Å². The minimum Gasteiger partial charge on any atom is -0.321 e. The highest BCUT2D eigenvalue weighted by atomic mass is 79.9. The maximum Gasteiger partial charge on any atom is 0.276 e. The van der Waals surface area contributed by atoms with Gasteiger partial charge in [-0.25, -0.2) is 4.68 Å². The van der Waals surface area contributed by atoms with E-state index in [9.17, 15) is 9.59 Å². The molecule has 0 spiro atoms. The molecule has 0 aliphatic carbocycles. The van der Waals surface area contributed by atoms with E-state index < -0.39 is 0 Å². The van der Waals surface area contributed by atoms with Crippen molar-refractivity contribution in [2.75, 3.05) is 38.5 Å². The van der Waals surface area contributed by atoms with Crippen molar-refractivity contribution in [3.05, 3.63) is 56.4 Å². The van der Waals surface area contributed by atoms with Crippen LogP contribution in [-0.2, 0) is 13.1 Å². The maximum atomic E-state index is 12.5. The van der Waals surface area contributed by atoms with E-state index >= 15 is 0 Å². The van der Waals surface area contributed by atoms with E-state index in [4.69, 9.17) is 0 Å². The molecule has 2 aromatic rings. The van der Waals surface area contributed by atoms with Crippen LogP contribution in [0.1, 0.15) is 29.4 Å². The molecule has 1 aromatic heterocycles. The van der Waals surface area contributed by atoms with Crippen LogP contribution in [0.2, 0.25) is 0 Å². The monoisotopic (exact) mass is 447 g/mol. The number of aryl methyl sites for hydroxylation is 1. The van der Waals surface area contributed by atoms with E-state index in [2.05, 4.69) is 43.2 Å². The van der Waals surface area contributed by atoms with Crippen LogP contribution in [-0.4, -0.2) is 58.7 Å². The van der Waals surface area contributed by atoms with E-state index in [1.54, 1.807) is 0 Å². The number of rotatable bonds is 6. The number of carbonyl (C=O) groups is 1. The van der Waals surface area contributed by atoms with Crippen LogP contribution >= 0.6 is 15.9 Å². The number of piperazine rings is 1. The molecule has 0 unspecified atom stereocenters. The van der Waals surface area contributed by atoms with E-state index in [1.807, 2.05) is 25.1 Å². The summed E-state index contributed by atoms with van der Waals surface area (Å²) in [5, 5.41) is 7.01. The predicted molar refractivity (Wildman–Crippen MR) is 114 cm³/mol. The summed E-state index contributed by atoms with van der Waals surface area (Å²) in [4.78, 5) is 29.0. The van der Waals surface area contributed by atoms with Crippen LogP contribution in [0.15, 0.2) is 39.6 Å². The van der Waals surface area contributed by atoms with Gasteiger partial charge in [-0.2, -0.15) is 5.10 Å². The molecule has 0 atom stereocenters. The lowest BCUT2D eigenvalue weighted by atomic mass is 10.1. The van der Waals surface area contributed by atoms with E-state index in [0.29, 0.717) is 12.2 Å². The zero-order chi connectivity index (χ0) is 20.1. The highest BCUT2D eigenvalue weighted by molar-refractivity contribution is 9.10. The third-order valence-corrected chi connectivity index (χ3v) is 5.57. The highest BCUT2D eigenvalue weighted by Gasteiger charge is 2.16. The Hall–Kier alpha value is -2.03. The lowest BCUT2D eigenvalue weighted by molar-refractivity contribution is 0.101. The molecule has 3 rings (SSSR count). The average molecular weight is 448 g/mol. The molecule has 0 saturated carbocycles. The smallest absolute Gasteiger partial charge is 0.276 e. The van der Waals surface area contributed by atoms with Crippen molar-refractivity contribution in [3.8, 4) is 0 Å². The van der Waals surface area contributed by atoms with Gasteiger partial charge in [-0.05, 0) is 37.2 Å². The largest absolute Gasteiger partial charge is 0.321 e. The van der Waals surface area contributed by atoms with Crippen LogP contribution in [0.25, 0.3) is 0 Å². The van der Waals surface area contributed by atoms with Crippen LogP contribution in [0.4, 0.5) is 5.69 Å². The number of nitrogens with zero attached hydrogens (tertiary/aromatic N) is 4.